The van der Waals surface area contributed by atoms with Crippen LogP contribution in [0.15, 0.2) is 29.8 Å². The number of methoxy groups -OCH3 is 1. The van der Waals surface area contributed by atoms with Crippen LogP contribution in [0, 0.1) is 22.7 Å². The van der Waals surface area contributed by atoms with Crippen LogP contribution in [0.3, 0.4) is 0 Å². The van der Waals surface area contributed by atoms with Crippen molar-refractivity contribution in [3.8, 4) is 12.1 Å². The molecule has 1 aromatic carbocycles. The fraction of sp³-hybridized carbons (Fsp3) is 0.0833. The average molecular weight is 212 g/mol. The summed E-state index contributed by atoms with van der Waals surface area (Å²) < 4.78 is 4.54. The number of hydrogen-bond acceptors (Lipinski definition) is 4. The molecule has 0 saturated heterocycles. The van der Waals surface area contributed by atoms with E-state index in [1.165, 1.54) is 13.2 Å². The van der Waals surface area contributed by atoms with Crippen molar-refractivity contribution < 1.29 is 9.53 Å². The van der Waals surface area contributed by atoms with Crippen LogP contribution < -0.4 is 0 Å². The Labute approximate surface area is 93.0 Å². The Bertz CT molecular complexity index is 485. The standard InChI is InChI=1S/C12H8N2O2/c1-16-12(15)11-4-2-9(3-5-11)6-10(7-13)8-14/h2-6H,1H3. The van der Waals surface area contributed by atoms with Crippen LogP contribution in [0.2, 0.25) is 0 Å². The highest BCUT2D eigenvalue weighted by molar-refractivity contribution is 5.89. The van der Waals surface area contributed by atoms with E-state index in [2.05, 4.69) is 4.74 Å². The monoisotopic (exact) mass is 212 g/mol. The van der Waals surface area contributed by atoms with Crippen LogP contribution in [0.1, 0.15) is 15.9 Å². The molecule has 0 aliphatic rings. The smallest absolute Gasteiger partial charge is 0.337 e. The number of carbonyl (C=O) groups excluding carboxylic acids is 1. The molecule has 0 heterocycles. The first-order valence-corrected chi connectivity index (χ1v) is 4.41. The number of nitrogens with zero attached hydrogens (tertiary/aromatic N) is 2. The molecule has 0 radical (unpaired) electrons. The van der Waals surface area contributed by atoms with Gasteiger partial charge in [-0.2, -0.15) is 10.5 Å². The molecule has 4 nitrogen and oxygen atoms in total. The quantitative estimate of drug-likeness (QED) is 0.554. The summed E-state index contributed by atoms with van der Waals surface area (Å²) in [6.45, 7) is 0. The first-order chi connectivity index (χ1) is 7.71. The van der Waals surface area contributed by atoms with Crippen molar-refractivity contribution >= 4 is 12.0 Å². The largest absolute Gasteiger partial charge is 0.465 e. The van der Waals surface area contributed by atoms with Crippen molar-refractivity contribution in [1.29, 1.82) is 10.5 Å². The number of rotatable bonds is 2. The van der Waals surface area contributed by atoms with E-state index in [4.69, 9.17) is 10.5 Å². The van der Waals surface area contributed by atoms with Crippen LogP contribution in [-0.4, -0.2) is 13.1 Å². The van der Waals surface area contributed by atoms with Gasteiger partial charge in [0.2, 0.25) is 0 Å². The van der Waals surface area contributed by atoms with Gasteiger partial charge in [0.25, 0.3) is 0 Å². The van der Waals surface area contributed by atoms with Crippen LogP contribution in [0.4, 0.5) is 0 Å². The molecule has 4 heteroatoms. The molecule has 1 aromatic rings. The maximum atomic E-state index is 11.1. The SMILES string of the molecule is COC(=O)c1ccc(C=C(C#N)C#N)cc1. The van der Waals surface area contributed by atoms with Crippen molar-refractivity contribution in [1.82, 2.24) is 0 Å². The van der Waals surface area contributed by atoms with Gasteiger partial charge < -0.3 is 4.74 Å². The van der Waals surface area contributed by atoms with E-state index in [1.807, 2.05) is 0 Å². The highest BCUT2D eigenvalue weighted by Gasteiger charge is 2.03. The molecule has 16 heavy (non-hydrogen) atoms. The van der Waals surface area contributed by atoms with Gasteiger partial charge in [-0.3, -0.25) is 0 Å². The van der Waals surface area contributed by atoms with Crippen LogP contribution >= 0.6 is 0 Å². The second-order valence-electron chi connectivity index (χ2n) is 2.90. The van der Waals surface area contributed by atoms with Gasteiger partial charge in [0.1, 0.15) is 17.7 Å². The number of carbonyl (C=O) groups is 1. The van der Waals surface area contributed by atoms with Crippen LogP contribution in [-0.2, 0) is 4.74 Å². The maximum absolute atomic E-state index is 11.1. The Morgan fingerprint density at radius 1 is 1.25 bits per heavy atom. The van der Waals surface area contributed by atoms with Gasteiger partial charge in [0, 0.05) is 0 Å². The molecule has 0 bridgehead atoms. The zero-order valence-corrected chi connectivity index (χ0v) is 8.60. The lowest BCUT2D eigenvalue weighted by atomic mass is 10.1. The Balaban J connectivity index is 2.98. The van der Waals surface area contributed by atoms with E-state index in [0.717, 1.165) is 0 Å². The van der Waals surface area contributed by atoms with Gasteiger partial charge in [-0.25, -0.2) is 4.79 Å². The van der Waals surface area contributed by atoms with Crippen molar-refractivity contribution in [3.63, 3.8) is 0 Å². The number of nitriles is 2. The van der Waals surface area contributed by atoms with Gasteiger partial charge in [0.05, 0.1) is 12.7 Å². The fourth-order valence-electron chi connectivity index (χ4n) is 1.09. The summed E-state index contributed by atoms with van der Waals surface area (Å²) in [5, 5.41) is 17.1. The predicted octanol–water partition coefficient (Wildman–Crippen LogP) is 1.90. The Morgan fingerprint density at radius 3 is 2.25 bits per heavy atom. The lowest BCUT2D eigenvalue weighted by Crippen LogP contribution is -2.00. The van der Waals surface area contributed by atoms with E-state index >= 15 is 0 Å². The minimum atomic E-state index is -0.420. The Morgan fingerprint density at radius 2 is 1.81 bits per heavy atom. The van der Waals surface area contributed by atoms with E-state index in [-0.39, 0.29) is 5.57 Å². The first kappa shape index (κ1) is 11.5. The van der Waals surface area contributed by atoms with Gasteiger partial charge in [-0.05, 0) is 23.8 Å². The molecule has 0 N–H and O–H groups in total. The third-order valence-corrected chi connectivity index (χ3v) is 1.88. The number of hydrogen-bond donors (Lipinski definition) is 0. The van der Waals surface area contributed by atoms with Gasteiger partial charge >= 0.3 is 5.97 Å². The second kappa shape index (κ2) is 5.33. The molecular formula is C12H8N2O2. The third-order valence-electron chi connectivity index (χ3n) is 1.88. The Hall–Kier alpha value is -2.59. The van der Waals surface area contributed by atoms with Gasteiger partial charge in [-0.15, -0.1) is 0 Å². The molecular weight excluding hydrogens is 204 g/mol. The van der Waals surface area contributed by atoms with E-state index in [9.17, 15) is 4.79 Å². The molecule has 0 unspecified atom stereocenters. The van der Waals surface area contributed by atoms with E-state index < -0.39 is 5.97 Å². The summed E-state index contributed by atoms with van der Waals surface area (Å²) in [5.41, 5.74) is 1.13. The van der Waals surface area contributed by atoms with Crippen LogP contribution in [0.5, 0.6) is 0 Å². The number of esters is 1. The molecule has 0 saturated carbocycles. The minimum absolute atomic E-state index is 0.0193. The molecule has 1 rings (SSSR count). The number of benzene rings is 1. The summed E-state index contributed by atoms with van der Waals surface area (Å²) in [5.74, 6) is -0.420. The molecule has 0 aliphatic heterocycles. The normalized spacial score (nSPS) is 8.44. The maximum Gasteiger partial charge on any atom is 0.337 e. The van der Waals surface area contributed by atoms with Crippen molar-refractivity contribution in [2.75, 3.05) is 7.11 Å². The number of allylic oxidation sites excluding steroid dienone is 1. The predicted molar refractivity (Wildman–Crippen MR) is 57.0 cm³/mol. The van der Waals surface area contributed by atoms with Crippen LogP contribution in [0.25, 0.3) is 6.08 Å². The van der Waals surface area contributed by atoms with E-state index in [0.29, 0.717) is 11.1 Å². The van der Waals surface area contributed by atoms with Crippen molar-refractivity contribution in [2.45, 2.75) is 0 Å². The first-order valence-electron chi connectivity index (χ1n) is 4.41. The van der Waals surface area contributed by atoms with Crippen molar-refractivity contribution in [3.05, 3.63) is 41.0 Å². The minimum Gasteiger partial charge on any atom is -0.465 e. The topological polar surface area (TPSA) is 73.9 Å². The molecule has 0 aliphatic carbocycles. The average Bonchev–Trinajstić information content (AvgIpc) is 2.35. The second-order valence-corrected chi connectivity index (χ2v) is 2.90. The Kier molecular flexibility index (Phi) is 3.83. The highest BCUT2D eigenvalue weighted by atomic mass is 16.5. The molecule has 78 valence electrons. The summed E-state index contributed by atoms with van der Waals surface area (Å²) in [7, 11) is 1.31. The highest BCUT2D eigenvalue weighted by Crippen LogP contribution is 2.09. The van der Waals surface area contributed by atoms with Gasteiger partial charge in [-0.1, -0.05) is 12.1 Å². The van der Waals surface area contributed by atoms with Gasteiger partial charge in [0.15, 0.2) is 0 Å². The zero-order valence-electron chi connectivity index (χ0n) is 8.60. The summed E-state index contributed by atoms with van der Waals surface area (Å²) in [6, 6.07) is 9.94. The lowest BCUT2D eigenvalue weighted by molar-refractivity contribution is 0.0601. The van der Waals surface area contributed by atoms with Crippen molar-refractivity contribution in [2.24, 2.45) is 0 Å². The summed E-state index contributed by atoms with van der Waals surface area (Å²) in [4.78, 5) is 11.1. The third kappa shape index (κ3) is 2.70. The molecule has 0 atom stereocenters. The number of ether oxygens (including phenoxy) is 1. The summed E-state index contributed by atoms with van der Waals surface area (Å²) in [6.07, 6.45) is 1.45. The molecule has 0 aromatic heterocycles. The fourth-order valence-corrected chi connectivity index (χ4v) is 1.09. The lowest BCUT2D eigenvalue weighted by Gasteiger charge is -1.98. The molecule has 0 spiro atoms. The molecule has 0 fully saturated rings. The summed E-state index contributed by atoms with van der Waals surface area (Å²) >= 11 is 0. The van der Waals surface area contributed by atoms with E-state index in [1.54, 1.807) is 36.4 Å². The zero-order chi connectivity index (χ0) is 12.0. The molecule has 0 amide bonds.